The monoisotopic (exact) mass is 302 g/mol. The van der Waals surface area contributed by atoms with E-state index in [9.17, 15) is 0 Å². The molecule has 0 nitrogen and oxygen atoms in total. The predicted octanol–water partition coefficient (Wildman–Crippen LogP) is 3.89. The predicted molar refractivity (Wildman–Crippen MR) is 95.4 cm³/mol. The Morgan fingerprint density at radius 2 is 1.11 bits per heavy atom. The fourth-order valence-electron chi connectivity index (χ4n) is 2.23. The summed E-state index contributed by atoms with van der Waals surface area (Å²) in [5, 5.41) is 3.14. The van der Waals surface area contributed by atoms with Crippen molar-refractivity contribution in [3.8, 4) is 0 Å². The third-order valence-electron chi connectivity index (χ3n) is 4.02. The molecule has 0 fully saturated rings. The minimum atomic E-state index is -1.19. The molecule has 0 aliphatic rings. The molecule has 0 atom stereocenters. The van der Waals surface area contributed by atoms with Gasteiger partial charge in [-0.05, 0) is 10.6 Å². The Hall–Kier alpha value is -0.696. The molecule has 0 amide bonds. The molecule has 3 heteroatoms. The van der Waals surface area contributed by atoms with Crippen LogP contribution in [-0.2, 0) is 0 Å². The molecule has 2 aromatic carbocycles. The van der Waals surface area contributed by atoms with Crippen LogP contribution in [0.15, 0.2) is 60.7 Å². The first-order valence-electron chi connectivity index (χ1n) is 6.94. The summed E-state index contributed by atoms with van der Waals surface area (Å²) in [5.74, 6) is 0. The summed E-state index contributed by atoms with van der Waals surface area (Å²) in [7, 11) is -1.93. The second kappa shape index (κ2) is 6.17. The van der Waals surface area contributed by atoms with Gasteiger partial charge in [0.15, 0.2) is 0 Å². The lowest BCUT2D eigenvalue weighted by molar-refractivity contribution is 1.75. The number of hydrogen-bond donors (Lipinski definition) is 0. The second-order valence-corrected chi connectivity index (χ2v) is 27.2. The van der Waals surface area contributed by atoms with Crippen LogP contribution in [0.5, 0.6) is 0 Å². The summed E-state index contributed by atoms with van der Waals surface area (Å²) in [6, 6.07) is 22.4. The number of hydrogen-bond acceptors (Lipinski definition) is 0. The van der Waals surface area contributed by atoms with Gasteiger partial charge in [-0.1, -0.05) is 94.3 Å². The molecule has 2 rings (SSSR count). The first kappa shape index (κ1) is 14.7. The van der Waals surface area contributed by atoms with Crippen molar-refractivity contribution >= 4 is 33.7 Å². The average molecular weight is 303 g/mol. The molecule has 0 aromatic heterocycles. The molecule has 0 bridgehead atoms. The van der Waals surface area contributed by atoms with E-state index in [2.05, 4.69) is 86.9 Å². The van der Waals surface area contributed by atoms with Gasteiger partial charge in [-0.2, -0.15) is 0 Å². The highest BCUT2D eigenvalue weighted by Crippen LogP contribution is 2.45. The smallest absolute Gasteiger partial charge is 0.0737 e. The van der Waals surface area contributed by atoms with E-state index in [4.69, 9.17) is 0 Å². The Bertz CT molecular complexity index is 469. The summed E-state index contributed by atoms with van der Waals surface area (Å²) in [6.07, 6.45) is 0. The minimum absolute atomic E-state index is 0.133. The van der Waals surface area contributed by atoms with Crippen LogP contribution < -0.4 is 10.6 Å². The van der Waals surface area contributed by atoms with Gasteiger partial charge in [-0.15, -0.1) is 0 Å². The Morgan fingerprint density at radius 3 is 1.42 bits per heavy atom. The molecule has 0 spiro atoms. The van der Waals surface area contributed by atoms with Crippen molar-refractivity contribution in [2.45, 2.75) is 26.2 Å². The molecule has 0 saturated heterocycles. The van der Waals surface area contributed by atoms with Crippen molar-refractivity contribution < 1.29 is 0 Å². The Kier molecular flexibility index (Phi) is 4.78. The highest BCUT2D eigenvalue weighted by molar-refractivity contribution is 8.12. The summed E-state index contributed by atoms with van der Waals surface area (Å²) in [4.78, 5) is 0. The fraction of sp³-hybridized carbons (Fsp3) is 0.250. The number of benzene rings is 2. The molecule has 100 valence electrons. The van der Waals surface area contributed by atoms with Crippen LogP contribution in [0.4, 0.5) is 0 Å². The van der Waals surface area contributed by atoms with E-state index in [1.165, 1.54) is 0 Å². The van der Waals surface area contributed by atoms with Crippen LogP contribution in [0.2, 0.25) is 26.2 Å². The maximum absolute atomic E-state index is 2.61. The van der Waals surface area contributed by atoms with Crippen molar-refractivity contribution in [1.29, 1.82) is 0 Å². The molecular weight excluding hydrogens is 279 g/mol. The zero-order valence-electron chi connectivity index (χ0n) is 12.3. The summed E-state index contributed by atoms with van der Waals surface area (Å²) in [5.41, 5.74) is 0. The molecule has 19 heavy (non-hydrogen) atoms. The Morgan fingerprint density at radius 1 is 0.737 bits per heavy atom. The highest BCUT2D eigenvalue weighted by Gasteiger charge is 2.36. The van der Waals surface area contributed by atoms with Crippen LogP contribution in [0.25, 0.3) is 0 Å². The van der Waals surface area contributed by atoms with Gasteiger partial charge in [0.05, 0.1) is 7.26 Å². The van der Waals surface area contributed by atoms with E-state index >= 15 is 0 Å². The number of rotatable bonds is 4. The highest BCUT2D eigenvalue weighted by atomic mass is 31.4. The van der Waals surface area contributed by atoms with Crippen LogP contribution in [0.1, 0.15) is 0 Å². The van der Waals surface area contributed by atoms with Gasteiger partial charge in [0.1, 0.15) is 0 Å². The van der Waals surface area contributed by atoms with Crippen molar-refractivity contribution in [2.75, 3.05) is 0 Å². The van der Waals surface area contributed by atoms with Gasteiger partial charge < -0.3 is 0 Å². The summed E-state index contributed by atoms with van der Waals surface area (Å²) >= 11 is 0. The molecule has 0 unspecified atom stereocenters. The molecule has 2 aromatic rings. The van der Waals surface area contributed by atoms with Crippen molar-refractivity contribution in [2.24, 2.45) is 0 Å². The van der Waals surface area contributed by atoms with Gasteiger partial charge in [-0.25, -0.2) is 0 Å². The zero-order chi connectivity index (χ0) is 13.9. The lowest BCUT2D eigenvalue weighted by atomic mass is 10.4. The van der Waals surface area contributed by atoms with Crippen LogP contribution in [0.3, 0.4) is 0 Å². The Balaban J connectivity index is 2.52. The van der Waals surface area contributed by atoms with E-state index in [-0.39, 0.29) is 7.47 Å². The minimum Gasteiger partial charge on any atom is -0.0737 e. The van der Waals surface area contributed by atoms with Crippen molar-refractivity contribution in [3.05, 3.63) is 60.7 Å². The zero-order valence-corrected chi connectivity index (χ0v) is 15.3. The first-order valence-corrected chi connectivity index (χ1v) is 16.2. The molecule has 0 N–H and O–H groups in total. The van der Waals surface area contributed by atoms with Crippen LogP contribution >= 0.6 is 7.47 Å². The van der Waals surface area contributed by atoms with Crippen LogP contribution in [0, 0.1) is 0 Å². The Labute approximate surface area is 120 Å². The van der Waals surface area contributed by atoms with Gasteiger partial charge in [0.25, 0.3) is 0 Å². The summed E-state index contributed by atoms with van der Waals surface area (Å²) in [6.45, 7) is 10.3. The molecule has 0 heterocycles. The van der Waals surface area contributed by atoms with Crippen LogP contribution in [-0.4, -0.2) is 15.6 Å². The third kappa shape index (κ3) is 3.25. The van der Waals surface area contributed by atoms with Gasteiger partial charge in [0, 0.05) is 8.31 Å². The fourth-order valence-corrected chi connectivity index (χ4v) is 19.1. The quantitative estimate of drug-likeness (QED) is 0.594. The largest absolute Gasteiger partial charge is 0.0751 e. The maximum atomic E-state index is 2.61. The lowest BCUT2D eigenvalue weighted by Crippen LogP contribution is -2.45. The summed E-state index contributed by atoms with van der Waals surface area (Å²) < 4.78 is 0. The normalized spacial score (nSPS) is 12.1. The van der Waals surface area contributed by atoms with Crippen molar-refractivity contribution in [1.82, 2.24) is 0 Å². The van der Waals surface area contributed by atoms with Gasteiger partial charge in [-0.3, -0.25) is 0 Å². The average Bonchev–Trinajstić information content (AvgIpc) is 2.41. The maximum Gasteiger partial charge on any atom is 0.0751 e. The van der Waals surface area contributed by atoms with Crippen molar-refractivity contribution in [3.63, 3.8) is 0 Å². The van der Waals surface area contributed by atoms with Gasteiger partial charge >= 0.3 is 0 Å². The standard InChI is InChI=1S/C16H23PSi2/c1-18(2)19(3,4)17(15-11-7-5-8-12-15)16-13-9-6-10-14-16/h5-14,18H,1-4H3. The first-order chi connectivity index (χ1) is 9.03. The van der Waals surface area contributed by atoms with E-state index in [0.29, 0.717) is 0 Å². The van der Waals surface area contributed by atoms with E-state index < -0.39 is 15.6 Å². The molecule has 0 aliphatic carbocycles. The SMILES string of the molecule is C[SiH](C)[Si](C)(C)P(c1ccccc1)c1ccccc1. The topological polar surface area (TPSA) is 0 Å². The third-order valence-corrected chi connectivity index (χ3v) is 30.1. The molecular formula is C16H23PSi2. The molecule has 0 radical (unpaired) electrons. The van der Waals surface area contributed by atoms with E-state index in [1.54, 1.807) is 10.6 Å². The molecule has 0 aliphatic heterocycles. The lowest BCUT2D eigenvalue weighted by Gasteiger charge is -2.36. The molecule has 0 saturated carbocycles. The van der Waals surface area contributed by atoms with E-state index in [1.807, 2.05) is 0 Å². The van der Waals surface area contributed by atoms with E-state index in [0.717, 1.165) is 0 Å². The second-order valence-electron chi connectivity index (χ2n) is 5.81. The van der Waals surface area contributed by atoms with Gasteiger partial charge in [0.2, 0.25) is 0 Å².